The van der Waals surface area contributed by atoms with Gasteiger partial charge in [0.15, 0.2) is 23.0 Å². The number of likely N-dealkylation sites (N-methyl/N-ethyl adjacent to an activating group) is 1. The van der Waals surface area contributed by atoms with Gasteiger partial charge in [-0.1, -0.05) is 19.8 Å². The molecule has 1 aliphatic heterocycles. The number of anilines is 2. The average Bonchev–Trinajstić information content (AvgIpc) is 1.48. The van der Waals surface area contributed by atoms with Crippen LogP contribution in [0.15, 0.2) is 87.5 Å². The summed E-state index contributed by atoms with van der Waals surface area (Å²) < 4.78 is 70.0. The van der Waals surface area contributed by atoms with Crippen molar-refractivity contribution in [2.24, 2.45) is 14.1 Å². The van der Waals surface area contributed by atoms with Crippen molar-refractivity contribution in [3.8, 4) is 34.5 Å². The number of sulfonamides is 1. The van der Waals surface area contributed by atoms with Gasteiger partial charge in [-0.05, 0) is 95.4 Å². The number of aryl methyl sites for hydroxylation is 3. The van der Waals surface area contributed by atoms with Crippen molar-refractivity contribution in [3.63, 3.8) is 0 Å². The smallest absolute Gasteiger partial charge is 0.328 e. The number of methoxy groups -OCH3 is 2. The maximum Gasteiger partial charge on any atom is 0.328 e. The van der Waals surface area contributed by atoms with E-state index in [9.17, 15) is 32.4 Å². The van der Waals surface area contributed by atoms with Crippen molar-refractivity contribution in [2.45, 2.75) is 89.5 Å². The largest absolute Gasteiger partial charge is 0.493 e. The second-order valence-corrected chi connectivity index (χ2v) is 23.9. The third-order valence-electron chi connectivity index (χ3n) is 15.9. The summed E-state index contributed by atoms with van der Waals surface area (Å²) in [6.07, 6.45) is 10.1. The van der Waals surface area contributed by atoms with Gasteiger partial charge in [0.25, 0.3) is 15.6 Å². The van der Waals surface area contributed by atoms with Crippen molar-refractivity contribution in [1.82, 2.24) is 43.8 Å². The van der Waals surface area contributed by atoms with Gasteiger partial charge < -0.3 is 43.5 Å². The fourth-order valence-corrected chi connectivity index (χ4v) is 12.3. The fourth-order valence-electron chi connectivity index (χ4n) is 11.2. The predicted molar refractivity (Wildman–Crippen MR) is 333 cm³/mol. The number of nitrogens with zero attached hydrogens (tertiary/aromatic N) is 9. The summed E-state index contributed by atoms with van der Waals surface area (Å²) in [5.74, 6) is 2.11. The van der Waals surface area contributed by atoms with Crippen LogP contribution in [-0.4, -0.2) is 158 Å². The maximum absolute atomic E-state index is 13.9. The topological polar surface area (TPSA) is 262 Å². The number of hydrogen-bond donors (Lipinski definition) is 2. The van der Waals surface area contributed by atoms with Crippen LogP contribution >= 0.6 is 0 Å². The van der Waals surface area contributed by atoms with Crippen LogP contribution in [0.3, 0.4) is 0 Å². The van der Waals surface area contributed by atoms with Crippen LogP contribution < -0.4 is 49.9 Å². The average molecular weight is 1230 g/mol. The highest BCUT2D eigenvalue weighted by molar-refractivity contribution is 7.92. The molecule has 1 saturated carbocycles. The zero-order valence-electron chi connectivity index (χ0n) is 51.4. The third-order valence-corrected chi connectivity index (χ3v) is 17.3. The molecule has 470 valence electrons. The van der Waals surface area contributed by atoms with Crippen LogP contribution in [0.2, 0.25) is 0 Å². The molecule has 5 heterocycles. The van der Waals surface area contributed by atoms with E-state index in [-0.39, 0.29) is 88.7 Å². The Morgan fingerprint density at radius 3 is 2.17 bits per heavy atom. The number of piperazine rings is 1. The summed E-state index contributed by atoms with van der Waals surface area (Å²) in [7, 11) is 3.74. The number of pyridine rings is 2. The molecule has 0 bridgehead atoms. The number of hydrogen-bond acceptors (Lipinski definition) is 18. The monoisotopic (exact) mass is 1230 g/mol. The molecule has 2 N–H and O–H groups in total. The standard InChI is InChI=1S/C63H79N11O13S/c1-9-27-85-46-32-47(34-48(33-46)87-55-37-53-52(70(5)63(79)71(53)6)36-51(55)68-88(80,81)49-18-19-54(82-7)56(35-49)83-8)86-28-13-12-22-69(4)40-58(76)64-21-30-84-29-20-59(77)73-25-23-72(24-26-73)45-17-16-43(65-38-45)31-57-66-39-50-41(2)60(42(3)75)62(78)74(61(50)67-57)44-14-10-11-15-44/h16-19,32-39,44,68H,9-15,20-31,40H2,1-8H3,(H,64,76). The first-order valence-electron chi connectivity index (χ1n) is 29.8. The van der Waals surface area contributed by atoms with Crippen LogP contribution in [0.25, 0.3) is 22.1 Å². The molecular weight excluding hydrogens is 1150 g/mol. The Morgan fingerprint density at radius 1 is 0.784 bits per heavy atom. The van der Waals surface area contributed by atoms with Gasteiger partial charge >= 0.3 is 5.69 Å². The van der Waals surface area contributed by atoms with Gasteiger partial charge in [-0.15, -0.1) is 0 Å². The zero-order valence-corrected chi connectivity index (χ0v) is 52.2. The summed E-state index contributed by atoms with van der Waals surface area (Å²) in [4.78, 5) is 85.2. The summed E-state index contributed by atoms with van der Waals surface area (Å²) in [5, 5.41) is 3.61. The SMILES string of the molecule is CCCOc1cc(OCCCCN(C)CC(=O)NCCOCCC(=O)N2CCN(c3ccc(Cc4ncc5c(C)c(C(C)=O)c(=O)n(C6CCCC6)c5n4)nc3)CC2)cc(Oc2cc3c(cc2NS(=O)(=O)c2ccc(OC)c(OC)c2)n(C)c(=O)n3C)c1. The van der Waals surface area contributed by atoms with Crippen molar-refractivity contribution in [2.75, 3.05) is 103 Å². The Labute approximate surface area is 511 Å². The van der Waals surface area contributed by atoms with E-state index in [0.29, 0.717) is 122 Å². The lowest BCUT2D eigenvalue weighted by molar-refractivity contribution is -0.132. The van der Waals surface area contributed by atoms with Gasteiger partial charge in [0.2, 0.25) is 11.8 Å². The van der Waals surface area contributed by atoms with Crippen molar-refractivity contribution in [1.29, 1.82) is 0 Å². The van der Waals surface area contributed by atoms with E-state index in [1.54, 1.807) is 62.1 Å². The van der Waals surface area contributed by atoms with Gasteiger partial charge in [-0.25, -0.2) is 23.2 Å². The number of aromatic nitrogens is 6. The number of Topliss-reactive ketones (excluding diaryl/α,β-unsaturated/α-hetero) is 1. The Balaban J connectivity index is 0.678. The van der Waals surface area contributed by atoms with Crippen LogP contribution in [0.5, 0.6) is 34.5 Å². The molecule has 2 aliphatic rings. The molecule has 4 aromatic heterocycles. The minimum atomic E-state index is -4.22. The number of fused-ring (bicyclic) bond motifs is 2. The van der Waals surface area contributed by atoms with Gasteiger partial charge in [0.05, 0.1) is 99.1 Å². The number of benzene rings is 3. The lowest BCUT2D eigenvalue weighted by Gasteiger charge is -2.36. The van der Waals surface area contributed by atoms with E-state index in [1.165, 1.54) is 48.5 Å². The van der Waals surface area contributed by atoms with Crippen LogP contribution in [0.4, 0.5) is 11.4 Å². The zero-order chi connectivity index (χ0) is 62.6. The van der Waals surface area contributed by atoms with Gasteiger partial charge in [0, 0.05) is 100 Å². The molecule has 3 aromatic carbocycles. The molecule has 2 amide bonds. The Kier molecular flexibility index (Phi) is 21.0. The molecule has 9 rings (SSSR count). The molecule has 88 heavy (non-hydrogen) atoms. The number of imidazole rings is 1. The Hall–Kier alpha value is -8.55. The van der Waals surface area contributed by atoms with Gasteiger partial charge in [-0.2, -0.15) is 0 Å². The van der Waals surface area contributed by atoms with E-state index >= 15 is 0 Å². The minimum Gasteiger partial charge on any atom is -0.493 e. The number of nitrogens with one attached hydrogen (secondary N) is 2. The molecule has 0 unspecified atom stereocenters. The van der Waals surface area contributed by atoms with Gasteiger partial charge in [0.1, 0.15) is 28.7 Å². The maximum atomic E-state index is 13.9. The number of rotatable bonds is 29. The second-order valence-electron chi connectivity index (χ2n) is 22.2. The second kappa shape index (κ2) is 29.0. The third kappa shape index (κ3) is 15.2. The Morgan fingerprint density at radius 2 is 1.49 bits per heavy atom. The highest BCUT2D eigenvalue weighted by Crippen LogP contribution is 2.39. The Bertz CT molecular complexity index is 3890. The highest BCUT2D eigenvalue weighted by Gasteiger charge is 2.28. The predicted octanol–water partition coefficient (Wildman–Crippen LogP) is 6.96. The molecule has 0 atom stereocenters. The lowest BCUT2D eigenvalue weighted by Crippen LogP contribution is -2.49. The molecule has 24 nitrogen and oxygen atoms in total. The summed E-state index contributed by atoms with van der Waals surface area (Å²) in [6.45, 7) is 10.1. The van der Waals surface area contributed by atoms with E-state index in [1.807, 2.05) is 42.1 Å². The number of ether oxygens (including phenoxy) is 6. The van der Waals surface area contributed by atoms with Crippen LogP contribution in [0, 0.1) is 6.92 Å². The van der Waals surface area contributed by atoms with Crippen molar-refractivity contribution >= 4 is 61.1 Å². The molecule has 0 radical (unpaired) electrons. The molecule has 1 aliphatic carbocycles. The normalized spacial score (nSPS) is 13.8. The molecular formula is C63H79N11O13S. The van der Waals surface area contributed by atoms with Crippen LogP contribution in [0.1, 0.15) is 98.7 Å². The van der Waals surface area contributed by atoms with Crippen LogP contribution in [-0.2, 0) is 44.9 Å². The quantitative estimate of drug-likeness (QED) is 0.0355. The molecule has 0 spiro atoms. The number of unbranched alkanes of at least 4 members (excludes halogenated alkanes) is 1. The first kappa shape index (κ1) is 63.9. The molecule has 25 heteroatoms. The molecule has 1 saturated heterocycles. The van der Waals surface area contributed by atoms with E-state index in [2.05, 4.69) is 19.9 Å². The fraction of sp³-hybridized carbons (Fsp3) is 0.460. The first-order chi connectivity index (χ1) is 42.4. The number of amides is 2. The number of carbonyl (C=O) groups excluding carboxylic acids is 3. The van der Waals surface area contributed by atoms with Crippen molar-refractivity contribution < 1.29 is 51.2 Å². The highest BCUT2D eigenvalue weighted by atomic mass is 32.2. The lowest BCUT2D eigenvalue weighted by atomic mass is 10.0. The van der Waals surface area contributed by atoms with E-state index < -0.39 is 10.0 Å². The van der Waals surface area contributed by atoms with Crippen molar-refractivity contribution in [3.05, 3.63) is 117 Å². The first-order valence-corrected chi connectivity index (χ1v) is 31.3. The van der Waals surface area contributed by atoms with E-state index in [0.717, 1.165) is 49.9 Å². The molecule has 7 aromatic rings. The summed E-state index contributed by atoms with van der Waals surface area (Å²) in [5.41, 5.74) is 3.60. The van der Waals surface area contributed by atoms with E-state index in [4.69, 9.17) is 38.4 Å². The number of ketones is 1. The number of carbonyl (C=O) groups is 3. The minimum absolute atomic E-state index is 0.00205. The summed E-state index contributed by atoms with van der Waals surface area (Å²) in [6, 6.07) is 16.5. The molecule has 2 fully saturated rings. The summed E-state index contributed by atoms with van der Waals surface area (Å²) >= 11 is 0. The van der Waals surface area contributed by atoms with Gasteiger partial charge in [-0.3, -0.25) is 47.5 Å².